The second-order valence-corrected chi connectivity index (χ2v) is 1.87. The number of carbonyl (C=O) groups excluding carboxylic acids is 2. The van der Waals surface area contributed by atoms with Crippen LogP contribution in [-0.2, 0) is 9.59 Å². The van der Waals surface area contributed by atoms with Gasteiger partial charge in [-0.25, -0.2) is 0 Å². The molecule has 48 valence electrons. The molecule has 4 nitrogen and oxygen atoms in total. The van der Waals surface area contributed by atoms with Gasteiger partial charge in [-0.3, -0.25) is 9.59 Å². The summed E-state index contributed by atoms with van der Waals surface area (Å²) < 4.78 is 0. The molecule has 9 heavy (non-hydrogen) atoms. The van der Waals surface area contributed by atoms with Gasteiger partial charge in [0.1, 0.15) is 5.70 Å². The number of ketones is 2. The molecular formula is C5H6N2O2. The molecule has 0 spiro atoms. The SMILES string of the molecule is NC1=C(N)C(=O)C(=O)C1. The lowest BCUT2D eigenvalue weighted by Gasteiger charge is -1.86. The van der Waals surface area contributed by atoms with Gasteiger partial charge in [-0.15, -0.1) is 0 Å². The van der Waals surface area contributed by atoms with Crippen LogP contribution in [0.25, 0.3) is 0 Å². The highest BCUT2D eigenvalue weighted by Crippen LogP contribution is 2.09. The van der Waals surface area contributed by atoms with Gasteiger partial charge in [0.15, 0.2) is 0 Å². The van der Waals surface area contributed by atoms with E-state index >= 15 is 0 Å². The Morgan fingerprint density at radius 2 is 1.78 bits per heavy atom. The number of hydrogen-bond donors (Lipinski definition) is 2. The van der Waals surface area contributed by atoms with Gasteiger partial charge in [0.05, 0.1) is 6.42 Å². The first-order valence-electron chi connectivity index (χ1n) is 2.44. The van der Waals surface area contributed by atoms with E-state index in [1.165, 1.54) is 0 Å². The summed E-state index contributed by atoms with van der Waals surface area (Å²) in [6.07, 6.45) is -0.00926. The maximum atomic E-state index is 10.5. The molecule has 0 bridgehead atoms. The van der Waals surface area contributed by atoms with Gasteiger partial charge in [-0.05, 0) is 0 Å². The zero-order valence-electron chi connectivity index (χ0n) is 4.68. The summed E-state index contributed by atoms with van der Waals surface area (Å²) in [5.41, 5.74) is 10.4. The summed E-state index contributed by atoms with van der Waals surface area (Å²) in [6, 6.07) is 0. The monoisotopic (exact) mass is 126 g/mol. The van der Waals surface area contributed by atoms with E-state index in [9.17, 15) is 9.59 Å². The number of hydrogen-bond acceptors (Lipinski definition) is 4. The Hall–Kier alpha value is -1.32. The van der Waals surface area contributed by atoms with E-state index in [0.29, 0.717) is 0 Å². The van der Waals surface area contributed by atoms with Gasteiger partial charge in [0.2, 0.25) is 11.6 Å². The van der Waals surface area contributed by atoms with E-state index in [2.05, 4.69) is 0 Å². The molecule has 1 aliphatic rings. The molecule has 4 N–H and O–H groups in total. The average molecular weight is 126 g/mol. The van der Waals surface area contributed by atoms with Gasteiger partial charge in [0, 0.05) is 5.70 Å². The van der Waals surface area contributed by atoms with Crippen molar-refractivity contribution < 1.29 is 9.59 Å². The molecule has 0 radical (unpaired) electrons. The first kappa shape index (κ1) is 5.81. The van der Waals surface area contributed by atoms with Crippen molar-refractivity contribution in [3.63, 3.8) is 0 Å². The van der Waals surface area contributed by atoms with E-state index in [0.717, 1.165) is 0 Å². The Kier molecular flexibility index (Phi) is 1.02. The van der Waals surface area contributed by atoms with Crippen LogP contribution in [0.4, 0.5) is 0 Å². The minimum absolute atomic E-state index is 0.00926. The third-order valence-electron chi connectivity index (χ3n) is 1.19. The molecule has 0 aromatic heterocycles. The molecule has 0 aliphatic heterocycles. The highest BCUT2D eigenvalue weighted by molar-refractivity contribution is 6.46. The summed E-state index contributed by atoms with van der Waals surface area (Å²) in [5, 5.41) is 0. The molecule has 0 saturated heterocycles. The van der Waals surface area contributed by atoms with Crippen molar-refractivity contribution in [3.8, 4) is 0 Å². The van der Waals surface area contributed by atoms with Crippen LogP contribution in [-0.4, -0.2) is 11.6 Å². The van der Waals surface area contributed by atoms with Crippen molar-refractivity contribution in [3.05, 3.63) is 11.4 Å². The van der Waals surface area contributed by atoms with Crippen LogP contribution in [0.1, 0.15) is 6.42 Å². The normalized spacial score (nSPS) is 19.6. The number of rotatable bonds is 0. The number of carbonyl (C=O) groups is 2. The second kappa shape index (κ2) is 1.58. The fraction of sp³-hybridized carbons (Fsp3) is 0.200. The van der Waals surface area contributed by atoms with Crippen LogP contribution in [0.3, 0.4) is 0 Å². The molecule has 0 amide bonds. The van der Waals surface area contributed by atoms with Crippen LogP contribution in [0, 0.1) is 0 Å². The first-order chi connectivity index (χ1) is 4.13. The predicted octanol–water partition coefficient (Wildman–Crippen LogP) is -1.34. The maximum Gasteiger partial charge on any atom is 0.246 e. The van der Waals surface area contributed by atoms with Crippen molar-refractivity contribution in [1.82, 2.24) is 0 Å². The molecular weight excluding hydrogens is 120 g/mol. The van der Waals surface area contributed by atoms with Crippen molar-refractivity contribution >= 4 is 11.6 Å². The van der Waals surface area contributed by atoms with Crippen LogP contribution in [0.5, 0.6) is 0 Å². The van der Waals surface area contributed by atoms with Crippen molar-refractivity contribution in [2.75, 3.05) is 0 Å². The standard InChI is InChI=1S/C5H6N2O2/c6-2-1-3(8)5(9)4(2)7/h1,6-7H2. The number of allylic oxidation sites excluding steroid dienone is 2. The maximum absolute atomic E-state index is 10.5. The third-order valence-corrected chi connectivity index (χ3v) is 1.19. The molecule has 0 aromatic carbocycles. The summed E-state index contributed by atoms with van der Waals surface area (Å²) in [7, 11) is 0. The van der Waals surface area contributed by atoms with Gasteiger partial charge in [0.25, 0.3) is 0 Å². The molecule has 0 aromatic rings. The summed E-state index contributed by atoms with van der Waals surface area (Å²) >= 11 is 0. The number of Topliss-reactive ketones (excluding diaryl/α,β-unsaturated/α-hetero) is 2. The van der Waals surface area contributed by atoms with E-state index < -0.39 is 11.6 Å². The van der Waals surface area contributed by atoms with Crippen molar-refractivity contribution in [1.29, 1.82) is 0 Å². The smallest absolute Gasteiger partial charge is 0.246 e. The van der Waals surface area contributed by atoms with E-state index in [1.54, 1.807) is 0 Å². The quantitative estimate of drug-likeness (QED) is 0.393. The number of nitrogens with two attached hydrogens (primary N) is 2. The van der Waals surface area contributed by atoms with E-state index in [-0.39, 0.29) is 17.8 Å². The van der Waals surface area contributed by atoms with Gasteiger partial charge in [-0.2, -0.15) is 0 Å². The fourth-order valence-corrected chi connectivity index (χ4v) is 0.645. The third kappa shape index (κ3) is 0.679. The molecule has 0 atom stereocenters. The first-order valence-corrected chi connectivity index (χ1v) is 2.44. The fourth-order valence-electron chi connectivity index (χ4n) is 0.645. The molecule has 0 saturated carbocycles. The van der Waals surface area contributed by atoms with E-state index in [1.807, 2.05) is 0 Å². The predicted molar refractivity (Wildman–Crippen MR) is 30.0 cm³/mol. The van der Waals surface area contributed by atoms with Crippen LogP contribution >= 0.6 is 0 Å². The van der Waals surface area contributed by atoms with E-state index in [4.69, 9.17) is 11.5 Å². The average Bonchev–Trinajstić information content (AvgIpc) is 1.98. The summed E-state index contributed by atoms with van der Waals surface area (Å²) in [6.45, 7) is 0. The van der Waals surface area contributed by atoms with Crippen molar-refractivity contribution in [2.24, 2.45) is 11.5 Å². The Bertz CT molecular complexity index is 214. The lowest BCUT2D eigenvalue weighted by molar-refractivity contribution is -0.133. The zero-order valence-corrected chi connectivity index (χ0v) is 4.68. The van der Waals surface area contributed by atoms with Crippen molar-refractivity contribution in [2.45, 2.75) is 6.42 Å². The summed E-state index contributed by atoms with van der Waals surface area (Å²) in [5.74, 6) is -1.16. The van der Waals surface area contributed by atoms with Gasteiger partial charge in [-0.1, -0.05) is 0 Å². The minimum atomic E-state index is -0.646. The summed E-state index contributed by atoms with van der Waals surface area (Å²) in [4.78, 5) is 20.9. The molecule has 0 fully saturated rings. The highest BCUT2D eigenvalue weighted by Gasteiger charge is 2.26. The Morgan fingerprint density at radius 1 is 1.22 bits per heavy atom. The Balaban J connectivity index is 3.01. The Labute approximate surface area is 51.5 Å². The lowest BCUT2D eigenvalue weighted by atomic mass is 10.3. The lowest BCUT2D eigenvalue weighted by Crippen LogP contribution is -2.14. The topological polar surface area (TPSA) is 86.2 Å². The highest BCUT2D eigenvalue weighted by atomic mass is 16.2. The molecule has 1 rings (SSSR count). The van der Waals surface area contributed by atoms with Gasteiger partial charge < -0.3 is 11.5 Å². The zero-order chi connectivity index (χ0) is 7.02. The molecule has 0 unspecified atom stereocenters. The Morgan fingerprint density at radius 3 is 1.89 bits per heavy atom. The molecule has 0 heterocycles. The van der Waals surface area contributed by atoms with Gasteiger partial charge >= 0.3 is 0 Å². The van der Waals surface area contributed by atoms with Crippen LogP contribution in [0.2, 0.25) is 0 Å². The largest absolute Gasteiger partial charge is 0.400 e. The minimum Gasteiger partial charge on any atom is -0.400 e. The molecule has 1 aliphatic carbocycles. The molecule has 4 heteroatoms. The van der Waals surface area contributed by atoms with Crippen LogP contribution in [0.15, 0.2) is 11.4 Å². The second-order valence-electron chi connectivity index (χ2n) is 1.87. The van der Waals surface area contributed by atoms with Crippen LogP contribution < -0.4 is 11.5 Å².